The molecule has 8 heavy (non-hydrogen) atoms. The first-order valence-corrected chi connectivity index (χ1v) is 2.88. The number of thiazole rings is 1. The van der Waals surface area contributed by atoms with Crippen LogP contribution in [0.15, 0.2) is 11.0 Å². The second kappa shape index (κ2) is 2.09. The number of nitrogens with one attached hydrogen (secondary N) is 1. The number of halogens is 1. The first-order valence-electron chi connectivity index (χ1n) is 2.06. The molecular formula is C4H4FNOS. The minimum absolute atomic E-state index is 0.197. The highest BCUT2D eigenvalue weighted by Crippen LogP contribution is 2.00. The number of alkyl halides is 1. The van der Waals surface area contributed by atoms with Crippen molar-refractivity contribution in [1.82, 2.24) is 4.98 Å². The van der Waals surface area contributed by atoms with Crippen LogP contribution < -0.4 is 4.87 Å². The largest absolute Gasteiger partial charge is 0.319 e. The maximum Gasteiger partial charge on any atom is 0.304 e. The van der Waals surface area contributed by atoms with E-state index in [1.54, 1.807) is 0 Å². The summed E-state index contributed by atoms with van der Waals surface area (Å²) >= 11 is 0.902. The lowest BCUT2D eigenvalue weighted by atomic mass is 10.6. The van der Waals surface area contributed by atoms with Gasteiger partial charge in [0, 0.05) is 6.20 Å². The smallest absolute Gasteiger partial charge is 0.304 e. The van der Waals surface area contributed by atoms with E-state index in [1.807, 2.05) is 0 Å². The van der Waals surface area contributed by atoms with Crippen LogP contribution in [0, 0.1) is 0 Å². The van der Waals surface area contributed by atoms with Gasteiger partial charge in [0.2, 0.25) is 0 Å². The van der Waals surface area contributed by atoms with Gasteiger partial charge >= 0.3 is 4.87 Å². The Kier molecular flexibility index (Phi) is 1.43. The summed E-state index contributed by atoms with van der Waals surface area (Å²) in [7, 11) is 0. The average molecular weight is 133 g/mol. The van der Waals surface area contributed by atoms with Gasteiger partial charge in [0.15, 0.2) is 0 Å². The molecule has 4 heteroatoms. The lowest BCUT2D eigenvalue weighted by molar-refractivity contribution is 0.491. The molecule has 2 nitrogen and oxygen atoms in total. The highest BCUT2D eigenvalue weighted by molar-refractivity contribution is 7.09. The molecule has 0 unspecified atom stereocenters. The van der Waals surface area contributed by atoms with Crippen LogP contribution in [0.4, 0.5) is 4.39 Å². The third-order valence-corrected chi connectivity index (χ3v) is 1.50. The third kappa shape index (κ3) is 0.949. The second-order valence-electron chi connectivity index (χ2n) is 1.28. The summed E-state index contributed by atoms with van der Waals surface area (Å²) < 4.78 is 11.6. The fourth-order valence-corrected chi connectivity index (χ4v) is 0.912. The van der Waals surface area contributed by atoms with Crippen LogP contribution in [0.1, 0.15) is 4.88 Å². The van der Waals surface area contributed by atoms with Gasteiger partial charge in [0.1, 0.15) is 6.67 Å². The van der Waals surface area contributed by atoms with Gasteiger partial charge in [-0.25, -0.2) is 4.39 Å². The van der Waals surface area contributed by atoms with E-state index >= 15 is 0 Å². The van der Waals surface area contributed by atoms with Crippen molar-refractivity contribution in [3.05, 3.63) is 20.7 Å². The molecule has 0 spiro atoms. The first kappa shape index (κ1) is 5.50. The SMILES string of the molecule is O=c1[nH]cc(CF)s1. The number of hydrogen-bond donors (Lipinski definition) is 1. The molecule has 0 aromatic carbocycles. The van der Waals surface area contributed by atoms with E-state index in [1.165, 1.54) is 6.20 Å². The summed E-state index contributed by atoms with van der Waals surface area (Å²) in [4.78, 5) is 12.8. The third-order valence-electron chi connectivity index (χ3n) is 0.707. The highest BCUT2D eigenvalue weighted by Gasteiger charge is 1.92. The zero-order valence-electron chi connectivity index (χ0n) is 3.98. The van der Waals surface area contributed by atoms with Crippen molar-refractivity contribution in [2.75, 3.05) is 0 Å². The van der Waals surface area contributed by atoms with Gasteiger partial charge in [-0.15, -0.1) is 0 Å². The Hall–Kier alpha value is -0.640. The molecule has 0 saturated heterocycles. The molecule has 0 aliphatic rings. The van der Waals surface area contributed by atoms with E-state index in [0.717, 1.165) is 11.3 Å². The standard InChI is InChI=1S/C4H4FNOS/c5-1-3-2-6-4(7)8-3/h2H,1H2,(H,6,7). The topological polar surface area (TPSA) is 32.9 Å². The minimum atomic E-state index is -0.552. The number of aromatic nitrogens is 1. The van der Waals surface area contributed by atoms with E-state index in [-0.39, 0.29) is 4.87 Å². The predicted octanol–water partition coefficient (Wildman–Crippen LogP) is 0.906. The Morgan fingerprint density at radius 1 is 1.88 bits per heavy atom. The van der Waals surface area contributed by atoms with E-state index in [0.29, 0.717) is 4.88 Å². The molecule has 0 aliphatic heterocycles. The lowest BCUT2D eigenvalue weighted by Crippen LogP contribution is -1.88. The maximum absolute atomic E-state index is 11.6. The monoisotopic (exact) mass is 133 g/mol. The van der Waals surface area contributed by atoms with Crippen LogP contribution in [0.3, 0.4) is 0 Å². The molecule has 1 heterocycles. The summed E-state index contributed by atoms with van der Waals surface area (Å²) in [6, 6.07) is 0. The van der Waals surface area contributed by atoms with Gasteiger partial charge < -0.3 is 4.98 Å². The van der Waals surface area contributed by atoms with E-state index in [2.05, 4.69) is 4.98 Å². The molecule has 1 aromatic heterocycles. The number of aromatic amines is 1. The molecule has 0 amide bonds. The predicted molar refractivity (Wildman–Crippen MR) is 29.8 cm³/mol. The molecular weight excluding hydrogens is 129 g/mol. The van der Waals surface area contributed by atoms with Gasteiger partial charge in [-0.05, 0) is 0 Å². The molecule has 0 bridgehead atoms. The second-order valence-corrected chi connectivity index (χ2v) is 2.38. The van der Waals surface area contributed by atoms with Crippen LogP contribution in [0.2, 0.25) is 0 Å². The number of rotatable bonds is 1. The minimum Gasteiger partial charge on any atom is -0.319 e. The van der Waals surface area contributed by atoms with Crippen LogP contribution in [-0.4, -0.2) is 4.98 Å². The number of hydrogen-bond acceptors (Lipinski definition) is 2. The van der Waals surface area contributed by atoms with Gasteiger partial charge in [0.05, 0.1) is 4.88 Å². The molecule has 0 atom stereocenters. The Balaban J connectivity index is 3.01. The van der Waals surface area contributed by atoms with Gasteiger partial charge in [-0.1, -0.05) is 11.3 Å². The van der Waals surface area contributed by atoms with E-state index in [4.69, 9.17) is 0 Å². The van der Waals surface area contributed by atoms with Crippen molar-refractivity contribution < 1.29 is 4.39 Å². The molecule has 0 radical (unpaired) electrons. The lowest BCUT2D eigenvalue weighted by Gasteiger charge is -1.73. The summed E-state index contributed by atoms with van der Waals surface area (Å²) in [5, 5.41) is 0. The van der Waals surface area contributed by atoms with Crippen molar-refractivity contribution in [2.24, 2.45) is 0 Å². The molecule has 1 aromatic rings. The van der Waals surface area contributed by atoms with Crippen molar-refractivity contribution in [1.29, 1.82) is 0 Å². The van der Waals surface area contributed by atoms with E-state index in [9.17, 15) is 9.18 Å². The van der Waals surface area contributed by atoms with E-state index < -0.39 is 6.67 Å². The normalized spacial score (nSPS) is 9.62. The van der Waals surface area contributed by atoms with Crippen molar-refractivity contribution >= 4 is 11.3 Å². The fraction of sp³-hybridized carbons (Fsp3) is 0.250. The molecule has 0 saturated carbocycles. The Bertz CT molecular complexity index is 216. The molecule has 0 fully saturated rings. The van der Waals surface area contributed by atoms with Crippen LogP contribution >= 0.6 is 11.3 Å². The van der Waals surface area contributed by atoms with Crippen LogP contribution in [0.5, 0.6) is 0 Å². The molecule has 0 aliphatic carbocycles. The zero-order valence-corrected chi connectivity index (χ0v) is 4.80. The van der Waals surface area contributed by atoms with Gasteiger partial charge in [0.25, 0.3) is 0 Å². The summed E-state index contributed by atoms with van der Waals surface area (Å²) in [6.45, 7) is -0.552. The van der Waals surface area contributed by atoms with Crippen LogP contribution in [-0.2, 0) is 6.67 Å². The van der Waals surface area contributed by atoms with Crippen molar-refractivity contribution in [2.45, 2.75) is 6.67 Å². The Morgan fingerprint density at radius 2 is 2.62 bits per heavy atom. The van der Waals surface area contributed by atoms with Crippen LogP contribution in [0.25, 0.3) is 0 Å². The average Bonchev–Trinajstić information content (AvgIpc) is 2.14. The molecule has 44 valence electrons. The summed E-state index contributed by atoms with van der Waals surface area (Å²) in [5.41, 5.74) is 0. The van der Waals surface area contributed by atoms with Gasteiger partial charge in [-0.2, -0.15) is 0 Å². The molecule has 1 rings (SSSR count). The summed E-state index contributed by atoms with van der Waals surface area (Å²) in [5.74, 6) is 0. The number of H-pyrrole nitrogens is 1. The molecule has 1 N–H and O–H groups in total. The summed E-state index contributed by atoms with van der Waals surface area (Å²) in [6.07, 6.45) is 1.38. The van der Waals surface area contributed by atoms with Gasteiger partial charge in [-0.3, -0.25) is 4.79 Å². The highest BCUT2D eigenvalue weighted by atomic mass is 32.1. The van der Waals surface area contributed by atoms with Crippen molar-refractivity contribution in [3.63, 3.8) is 0 Å². The first-order chi connectivity index (χ1) is 3.83. The maximum atomic E-state index is 11.6. The zero-order chi connectivity index (χ0) is 5.98. The fourth-order valence-electron chi connectivity index (χ4n) is 0.383. The quantitative estimate of drug-likeness (QED) is 0.606. The Morgan fingerprint density at radius 3 is 2.88 bits per heavy atom. The van der Waals surface area contributed by atoms with Crippen molar-refractivity contribution in [3.8, 4) is 0 Å². The Labute approximate surface area is 49.0 Å².